The Balaban J connectivity index is 1.89. The highest BCUT2D eigenvalue weighted by molar-refractivity contribution is 5.65. The summed E-state index contributed by atoms with van der Waals surface area (Å²) in [5.41, 5.74) is 1.25. The molecule has 0 aliphatic carbocycles. The van der Waals surface area contributed by atoms with Crippen LogP contribution in [0, 0.1) is 0 Å². The molecule has 3 aromatic rings. The van der Waals surface area contributed by atoms with Crippen molar-refractivity contribution in [2.24, 2.45) is 0 Å². The number of benzene rings is 2. The van der Waals surface area contributed by atoms with Crippen molar-refractivity contribution in [2.75, 3.05) is 33.8 Å². The van der Waals surface area contributed by atoms with Crippen LogP contribution in [0.5, 0.6) is 23.0 Å². The first-order valence-electron chi connectivity index (χ1n) is 8.36. The standard InChI is InChI=1S/C19H21N3O6/c1-24-14-8-6-5-7-13(14)20-11-22-19(23)28-18(21-22)12-9-15(25-2)17(27-4)16(10-12)26-3/h5-10,20H,11H2,1-4H3. The maximum Gasteiger partial charge on any atom is 0.439 e. The Bertz CT molecular complexity index is 986. The van der Waals surface area contributed by atoms with E-state index in [9.17, 15) is 4.79 Å². The van der Waals surface area contributed by atoms with Gasteiger partial charge in [-0.05, 0) is 24.3 Å². The molecule has 0 atom stereocenters. The van der Waals surface area contributed by atoms with Gasteiger partial charge in [0.15, 0.2) is 11.5 Å². The van der Waals surface area contributed by atoms with Crippen LogP contribution in [-0.2, 0) is 6.67 Å². The second kappa shape index (κ2) is 8.38. The Hall–Kier alpha value is -3.62. The molecule has 9 nitrogen and oxygen atoms in total. The average molecular weight is 387 g/mol. The van der Waals surface area contributed by atoms with E-state index in [0.29, 0.717) is 28.6 Å². The third-order valence-electron chi connectivity index (χ3n) is 4.04. The molecule has 28 heavy (non-hydrogen) atoms. The predicted octanol–water partition coefficient (Wildman–Crippen LogP) is 2.61. The fourth-order valence-electron chi connectivity index (χ4n) is 2.68. The molecule has 1 aromatic heterocycles. The summed E-state index contributed by atoms with van der Waals surface area (Å²) in [5, 5.41) is 7.33. The topological polar surface area (TPSA) is 97.0 Å². The Morgan fingerprint density at radius 2 is 1.61 bits per heavy atom. The summed E-state index contributed by atoms with van der Waals surface area (Å²) in [6.07, 6.45) is 0. The highest BCUT2D eigenvalue weighted by Crippen LogP contribution is 2.40. The molecule has 0 amide bonds. The maximum absolute atomic E-state index is 12.2. The van der Waals surface area contributed by atoms with Crippen LogP contribution in [-0.4, -0.2) is 38.2 Å². The number of rotatable bonds is 8. The third kappa shape index (κ3) is 3.73. The lowest BCUT2D eigenvalue weighted by atomic mass is 10.2. The summed E-state index contributed by atoms with van der Waals surface area (Å²) < 4.78 is 27.7. The predicted molar refractivity (Wildman–Crippen MR) is 102 cm³/mol. The monoisotopic (exact) mass is 387 g/mol. The van der Waals surface area contributed by atoms with Gasteiger partial charge in [-0.2, -0.15) is 4.68 Å². The first-order chi connectivity index (χ1) is 13.6. The number of nitrogens with one attached hydrogen (secondary N) is 1. The van der Waals surface area contributed by atoms with Gasteiger partial charge >= 0.3 is 5.76 Å². The molecule has 0 radical (unpaired) electrons. The number of hydrogen-bond acceptors (Lipinski definition) is 8. The molecule has 0 bridgehead atoms. The Morgan fingerprint density at radius 1 is 0.964 bits per heavy atom. The lowest BCUT2D eigenvalue weighted by Crippen LogP contribution is -2.20. The molecule has 0 saturated carbocycles. The number of hydrogen-bond donors (Lipinski definition) is 1. The van der Waals surface area contributed by atoms with Crippen molar-refractivity contribution in [3.8, 4) is 34.5 Å². The van der Waals surface area contributed by atoms with Crippen LogP contribution in [0.3, 0.4) is 0 Å². The number of methoxy groups -OCH3 is 4. The van der Waals surface area contributed by atoms with Gasteiger partial charge in [-0.15, -0.1) is 5.10 Å². The van der Waals surface area contributed by atoms with Crippen molar-refractivity contribution >= 4 is 5.69 Å². The van der Waals surface area contributed by atoms with Crippen LogP contribution in [0.15, 0.2) is 45.6 Å². The van der Waals surface area contributed by atoms with E-state index in [1.807, 2.05) is 24.3 Å². The fraction of sp³-hybridized carbons (Fsp3) is 0.263. The Morgan fingerprint density at radius 3 is 2.21 bits per heavy atom. The Kier molecular flexibility index (Phi) is 5.73. The van der Waals surface area contributed by atoms with E-state index in [4.69, 9.17) is 23.4 Å². The van der Waals surface area contributed by atoms with Gasteiger partial charge in [0.1, 0.15) is 12.4 Å². The molecule has 0 aliphatic rings. The van der Waals surface area contributed by atoms with Crippen LogP contribution in [0.25, 0.3) is 11.5 Å². The third-order valence-corrected chi connectivity index (χ3v) is 4.04. The molecule has 1 N–H and O–H groups in total. The fourth-order valence-corrected chi connectivity index (χ4v) is 2.68. The molecule has 0 saturated heterocycles. The number of para-hydroxylation sites is 2. The minimum absolute atomic E-state index is 0.104. The van der Waals surface area contributed by atoms with Gasteiger partial charge < -0.3 is 28.7 Å². The van der Waals surface area contributed by atoms with Crippen LogP contribution in [0.1, 0.15) is 0 Å². The molecule has 9 heteroatoms. The number of anilines is 1. The smallest absolute Gasteiger partial charge is 0.439 e. The van der Waals surface area contributed by atoms with Gasteiger partial charge in [0.05, 0.1) is 34.1 Å². The van der Waals surface area contributed by atoms with Crippen LogP contribution < -0.4 is 30.0 Å². The van der Waals surface area contributed by atoms with Crippen molar-refractivity contribution < 1.29 is 23.4 Å². The second-order valence-electron chi connectivity index (χ2n) is 5.62. The molecular weight excluding hydrogens is 366 g/mol. The molecule has 0 fully saturated rings. The SMILES string of the molecule is COc1ccccc1NCn1nc(-c2cc(OC)c(OC)c(OC)c2)oc1=O. The van der Waals surface area contributed by atoms with E-state index in [-0.39, 0.29) is 12.6 Å². The van der Waals surface area contributed by atoms with Crippen molar-refractivity contribution in [3.05, 3.63) is 46.9 Å². The lowest BCUT2D eigenvalue weighted by molar-refractivity contribution is 0.324. The van der Waals surface area contributed by atoms with E-state index in [2.05, 4.69) is 10.4 Å². The van der Waals surface area contributed by atoms with E-state index in [0.717, 1.165) is 5.69 Å². The normalized spacial score (nSPS) is 10.4. The molecule has 1 heterocycles. The van der Waals surface area contributed by atoms with Gasteiger partial charge in [-0.3, -0.25) is 0 Å². The number of ether oxygens (including phenoxy) is 4. The van der Waals surface area contributed by atoms with Crippen molar-refractivity contribution in [3.63, 3.8) is 0 Å². The first kappa shape index (κ1) is 19.2. The lowest BCUT2D eigenvalue weighted by Gasteiger charge is -2.12. The van der Waals surface area contributed by atoms with Crippen LogP contribution in [0.4, 0.5) is 5.69 Å². The number of nitrogens with zero attached hydrogens (tertiary/aromatic N) is 2. The number of aromatic nitrogens is 2. The van der Waals surface area contributed by atoms with Gasteiger partial charge in [0.25, 0.3) is 0 Å². The highest BCUT2D eigenvalue weighted by atomic mass is 16.5. The molecule has 0 spiro atoms. The van der Waals surface area contributed by atoms with Crippen molar-refractivity contribution in [1.82, 2.24) is 9.78 Å². The molecule has 148 valence electrons. The zero-order chi connectivity index (χ0) is 20.1. The molecule has 0 aliphatic heterocycles. The summed E-state index contributed by atoms with van der Waals surface area (Å²) >= 11 is 0. The summed E-state index contributed by atoms with van der Waals surface area (Å²) in [6, 6.07) is 10.7. The van der Waals surface area contributed by atoms with Crippen molar-refractivity contribution in [2.45, 2.75) is 6.67 Å². The summed E-state index contributed by atoms with van der Waals surface area (Å²) in [7, 11) is 6.10. The largest absolute Gasteiger partial charge is 0.495 e. The van der Waals surface area contributed by atoms with E-state index in [1.165, 1.54) is 26.0 Å². The summed E-state index contributed by atoms with van der Waals surface area (Å²) in [6.45, 7) is 0.104. The van der Waals surface area contributed by atoms with Gasteiger partial charge in [-0.1, -0.05) is 12.1 Å². The van der Waals surface area contributed by atoms with E-state index >= 15 is 0 Å². The molecule has 0 unspecified atom stereocenters. The first-order valence-corrected chi connectivity index (χ1v) is 8.36. The van der Waals surface area contributed by atoms with E-state index < -0.39 is 5.76 Å². The maximum atomic E-state index is 12.2. The Labute approximate surface area is 161 Å². The minimum Gasteiger partial charge on any atom is -0.495 e. The highest BCUT2D eigenvalue weighted by Gasteiger charge is 2.18. The van der Waals surface area contributed by atoms with E-state index in [1.54, 1.807) is 19.2 Å². The second-order valence-corrected chi connectivity index (χ2v) is 5.62. The molecule has 2 aromatic carbocycles. The summed E-state index contributed by atoms with van der Waals surface area (Å²) in [4.78, 5) is 12.2. The summed E-state index contributed by atoms with van der Waals surface area (Å²) in [5.74, 6) is 1.48. The zero-order valence-corrected chi connectivity index (χ0v) is 16.0. The van der Waals surface area contributed by atoms with Crippen molar-refractivity contribution in [1.29, 1.82) is 0 Å². The van der Waals surface area contributed by atoms with Crippen LogP contribution in [0.2, 0.25) is 0 Å². The average Bonchev–Trinajstić information content (AvgIpc) is 3.11. The van der Waals surface area contributed by atoms with Crippen LogP contribution >= 0.6 is 0 Å². The van der Waals surface area contributed by atoms with Gasteiger partial charge in [0.2, 0.25) is 11.6 Å². The minimum atomic E-state index is -0.605. The zero-order valence-electron chi connectivity index (χ0n) is 16.0. The van der Waals surface area contributed by atoms with Gasteiger partial charge in [-0.25, -0.2) is 4.79 Å². The molecule has 3 rings (SSSR count). The molecular formula is C19H21N3O6. The quantitative estimate of drug-likeness (QED) is 0.630. The van der Waals surface area contributed by atoms with Gasteiger partial charge in [0, 0.05) is 5.56 Å².